The number of amidine groups is 1. The summed E-state index contributed by atoms with van der Waals surface area (Å²) < 4.78 is 0. The van der Waals surface area contributed by atoms with Crippen LogP contribution in [0.1, 0.15) is 44.2 Å². The molecular formula is C14H21N5O. The van der Waals surface area contributed by atoms with E-state index in [1.165, 1.54) is 38.5 Å². The summed E-state index contributed by atoms with van der Waals surface area (Å²) in [5, 5.41) is 11.8. The summed E-state index contributed by atoms with van der Waals surface area (Å²) in [6.45, 7) is 1.00. The highest BCUT2D eigenvalue weighted by atomic mass is 16.4. The lowest BCUT2D eigenvalue weighted by Gasteiger charge is -2.44. The zero-order valence-electron chi connectivity index (χ0n) is 11.6. The Morgan fingerprint density at radius 2 is 2.10 bits per heavy atom. The van der Waals surface area contributed by atoms with Crippen LogP contribution in [0.25, 0.3) is 0 Å². The van der Waals surface area contributed by atoms with Gasteiger partial charge in [-0.25, -0.2) is 9.97 Å². The standard InChI is InChI=1S/C14H21N5O/c15-13(18-20)11-7-8-16-14(17-11)19-9-3-5-10-4-1-2-6-12(10)19/h7-8,10,12,20H,1-6,9H2,(H2,15,18). The van der Waals surface area contributed by atoms with Crippen LogP contribution in [-0.2, 0) is 0 Å². The molecule has 2 heterocycles. The second-order valence-corrected chi connectivity index (χ2v) is 5.67. The number of fused-ring (bicyclic) bond motifs is 1. The van der Waals surface area contributed by atoms with E-state index in [1.54, 1.807) is 12.3 Å². The molecule has 2 unspecified atom stereocenters. The zero-order chi connectivity index (χ0) is 13.9. The minimum Gasteiger partial charge on any atom is -0.409 e. The molecule has 0 radical (unpaired) electrons. The molecule has 1 aliphatic heterocycles. The second kappa shape index (κ2) is 5.64. The van der Waals surface area contributed by atoms with Crippen molar-refractivity contribution in [2.75, 3.05) is 11.4 Å². The number of anilines is 1. The lowest BCUT2D eigenvalue weighted by Crippen LogP contribution is -2.47. The highest BCUT2D eigenvalue weighted by molar-refractivity contribution is 5.95. The van der Waals surface area contributed by atoms with Gasteiger partial charge in [0, 0.05) is 18.8 Å². The predicted molar refractivity (Wildman–Crippen MR) is 76.9 cm³/mol. The second-order valence-electron chi connectivity index (χ2n) is 5.67. The first-order valence-electron chi connectivity index (χ1n) is 7.37. The van der Waals surface area contributed by atoms with Gasteiger partial charge in [0.1, 0.15) is 5.69 Å². The molecule has 0 bridgehead atoms. The maximum atomic E-state index is 8.77. The molecule has 1 aromatic rings. The summed E-state index contributed by atoms with van der Waals surface area (Å²) >= 11 is 0. The predicted octanol–water partition coefficient (Wildman–Crippen LogP) is 1.73. The molecule has 1 aliphatic carbocycles. The van der Waals surface area contributed by atoms with Crippen LogP contribution in [0.2, 0.25) is 0 Å². The Balaban J connectivity index is 1.87. The fourth-order valence-electron chi connectivity index (χ4n) is 3.55. The van der Waals surface area contributed by atoms with Gasteiger partial charge in [-0.1, -0.05) is 18.0 Å². The van der Waals surface area contributed by atoms with Crippen LogP contribution in [0.5, 0.6) is 0 Å². The summed E-state index contributed by atoms with van der Waals surface area (Å²) in [4.78, 5) is 11.2. The Morgan fingerprint density at radius 1 is 1.30 bits per heavy atom. The summed E-state index contributed by atoms with van der Waals surface area (Å²) in [7, 11) is 0. The van der Waals surface area contributed by atoms with E-state index in [1.807, 2.05) is 0 Å². The highest BCUT2D eigenvalue weighted by Crippen LogP contribution is 2.36. The molecule has 2 aliphatic rings. The van der Waals surface area contributed by atoms with Crippen molar-refractivity contribution in [2.45, 2.75) is 44.6 Å². The third-order valence-electron chi connectivity index (χ3n) is 4.51. The smallest absolute Gasteiger partial charge is 0.226 e. The first-order chi connectivity index (χ1) is 9.79. The van der Waals surface area contributed by atoms with Gasteiger partial charge in [0.05, 0.1) is 0 Å². The number of oxime groups is 1. The maximum absolute atomic E-state index is 8.77. The molecule has 0 aromatic carbocycles. The Labute approximate surface area is 118 Å². The van der Waals surface area contributed by atoms with E-state index >= 15 is 0 Å². The van der Waals surface area contributed by atoms with Crippen LogP contribution < -0.4 is 10.6 Å². The van der Waals surface area contributed by atoms with Gasteiger partial charge in [0.15, 0.2) is 5.84 Å². The average Bonchev–Trinajstić information content (AvgIpc) is 2.53. The topological polar surface area (TPSA) is 87.6 Å². The Kier molecular flexibility index (Phi) is 3.71. The van der Waals surface area contributed by atoms with Crippen molar-refractivity contribution in [1.29, 1.82) is 0 Å². The van der Waals surface area contributed by atoms with Gasteiger partial charge < -0.3 is 15.8 Å². The molecule has 20 heavy (non-hydrogen) atoms. The summed E-state index contributed by atoms with van der Waals surface area (Å²) in [5.74, 6) is 1.52. The first-order valence-corrected chi connectivity index (χ1v) is 7.37. The third-order valence-corrected chi connectivity index (χ3v) is 4.51. The van der Waals surface area contributed by atoms with Gasteiger partial charge in [-0.2, -0.15) is 0 Å². The number of rotatable bonds is 2. The molecule has 3 rings (SSSR count). The van der Waals surface area contributed by atoms with Crippen LogP contribution in [0.15, 0.2) is 17.4 Å². The quantitative estimate of drug-likeness (QED) is 0.371. The molecule has 6 heteroatoms. The largest absolute Gasteiger partial charge is 0.409 e. The molecule has 0 amide bonds. The van der Waals surface area contributed by atoms with Crippen molar-refractivity contribution >= 4 is 11.8 Å². The number of piperidine rings is 1. The number of nitrogens with zero attached hydrogens (tertiary/aromatic N) is 4. The van der Waals surface area contributed by atoms with Gasteiger partial charge in [-0.15, -0.1) is 0 Å². The molecule has 1 aromatic heterocycles. The SMILES string of the molecule is N/C(=N/O)c1ccnc(N2CCCC3CCCCC32)n1. The average molecular weight is 275 g/mol. The molecule has 1 saturated heterocycles. The highest BCUT2D eigenvalue weighted by Gasteiger charge is 2.34. The number of hydrogen-bond acceptors (Lipinski definition) is 5. The number of nitrogens with two attached hydrogens (primary N) is 1. The van der Waals surface area contributed by atoms with Crippen molar-refractivity contribution in [3.8, 4) is 0 Å². The minimum atomic E-state index is 0.0332. The van der Waals surface area contributed by atoms with Gasteiger partial charge >= 0.3 is 0 Å². The molecule has 0 spiro atoms. The molecule has 2 atom stereocenters. The van der Waals surface area contributed by atoms with Crippen LogP contribution in [0.4, 0.5) is 5.95 Å². The fourth-order valence-corrected chi connectivity index (χ4v) is 3.55. The van der Waals surface area contributed by atoms with Gasteiger partial charge in [0.2, 0.25) is 5.95 Å². The molecule has 1 saturated carbocycles. The monoisotopic (exact) mass is 275 g/mol. The molecule has 3 N–H and O–H groups in total. The van der Waals surface area contributed by atoms with E-state index in [-0.39, 0.29) is 5.84 Å². The number of aromatic nitrogens is 2. The van der Waals surface area contributed by atoms with Crippen molar-refractivity contribution in [1.82, 2.24) is 9.97 Å². The zero-order valence-corrected chi connectivity index (χ0v) is 11.6. The first kappa shape index (κ1) is 13.1. The van der Waals surface area contributed by atoms with Gasteiger partial charge in [0.25, 0.3) is 0 Å². The van der Waals surface area contributed by atoms with E-state index in [9.17, 15) is 0 Å². The van der Waals surface area contributed by atoms with E-state index in [0.717, 1.165) is 12.5 Å². The Hall–Kier alpha value is -1.85. The van der Waals surface area contributed by atoms with Crippen LogP contribution in [0, 0.1) is 5.92 Å². The van der Waals surface area contributed by atoms with E-state index in [0.29, 0.717) is 17.7 Å². The van der Waals surface area contributed by atoms with Crippen LogP contribution in [-0.4, -0.2) is 33.6 Å². The van der Waals surface area contributed by atoms with Crippen LogP contribution >= 0.6 is 0 Å². The van der Waals surface area contributed by atoms with Crippen molar-refractivity contribution < 1.29 is 5.21 Å². The van der Waals surface area contributed by atoms with Crippen molar-refractivity contribution in [3.05, 3.63) is 18.0 Å². The number of hydrogen-bond donors (Lipinski definition) is 2. The van der Waals surface area contributed by atoms with Crippen LogP contribution in [0.3, 0.4) is 0 Å². The fraction of sp³-hybridized carbons (Fsp3) is 0.643. The lowest BCUT2D eigenvalue weighted by molar-refractivity contribution is 0.241. The van der Waals surface area contributed by atoms with Gasteiger partial charge in [-0.3, -0.25) is 0 Å². The summed E-state index contributed by atoms with van der Waals surface area (Å²) in [6, 6.07) is 2.22. The Bertz CT molecular complexity index is 502. The van der Waals surface area contributed by atoms with Crippen molar-refractivity contribution in [3.63, 3.8) is 0 Å². The van der Waals surface area contributed by atoms with E-state index in [2.05, 4.69) is 20.0 Å². The molecular weight excluding hydrogens is 254 g/mol. The maximum Gasteiger partial charge on any atom is 0.226 e. The molecule has 108 valence electrons. The van der Waals surface area contributed by atoms with Gasteiger partial charge in [-0.05, 0) is 37.7 Å². The summed E-state index contributed by atoms with van der Waals surface area (Å²) in [5.41, 5.74) is 6.10. The van der Waals surface area contributed by atoms with Crippen molar-refractivity contribution in [2.24, 2.45) is 16.8 Å². The van der Waals surface area contributed by atoms with E-state index in [4.69, 9.17) is 10.9 Å². The lowest BCUT2D eigenvalue weighted by atomic mass is 9.78. The summed E-state index contributed by atoms with van der Waals surface area (Å²) in [6.07, 6.45) is 9.38. The van der Waals surface area contributed by atoms with E-state index < -0.39 is 0 Å². The third kappa shape index (κ3) is 2.42. The minimum absolute atomic E-state index is 0.0332. The normalized spacial score (nSPS) is 27.2. The molecule has 2 fully saturated rings. The Morgan fingerprint density at radius 3 is 2.95 bits per heavy atom. The molecule has 6 nitrogen and oxygen atoms in total.